The third-order valence-electron chi connectivity index (χ3n) is 1.14. The molecule has 1 rings (SSSR count). The fraction of sp³-hybridized carbons (Fsp3) is 0. The molecular weight excluding hydrogens is 182 g/mol. The smallest absolute Gasteiger partial charge is 0.143 e. The maximum Gasteiger partial charge on any atom is 0.143 e. The summed E-state index contributed by atoms with van der Waals surface area (Å²) >= 11 is 3.07. The van der Waals surface area contributed by atoms with E-state index in [1.165, 1.54) is 0 Å². The predicted molar refractivity (Wildman–Crippen MR) is 42.3 cm³/mol. The molecule has 0 nitrogen and oxygen atoms in total. The second kappa shape index (κ2) is 2.52. The molecule has 0 aliphatic rings. The Kier molecular flexibility index (Phi) is 1.91. The van der Waals surface area contributed by atoms with Crippen LogP contribution in [0.2, 0.25) is 0 Å². The van der Waals surface area contributed by atoms with Gasteiger partial charge in [0.25, 0.3) is 0 Å². The lowest BCUT2D eigenvalue weighted by Gasteiger charge is -1.95. The molecule has 3 heteroatoms. The highest BCUT2D eigenvalue weighted by molar-refractivity contribution is 9.10. The van der Waals surface area contributed by atoms with Crippen LogP contribution in [0, 0.1) is 5.82 Å². The topological polar surface area (TPSA) is 0 Å². The van der Waals surface area contributed by atoms with Gasteiger partial charge in [0.05, 0.1) is 4.47 Å². The van der Waals surface area contributed by atoms with E-state index in [4.69, 9.17) is 0 Å². The van der Waals surface area contributed by atoms with Crippen LogP contribution < -0.4 is 5.46 Å². The lowest BCUT2D eigenvalue weighted by Crippen LogP contribution is -2.07. The van der Waals surface area contributed by atoms with Crippen LogP contribution in [0.15, 0.2) is 22.7 Å². The van der Waals surface area contributed by atoms with Crippen molar-refractivity contribution in [1.29, 1.82) is 0 Å². The van der Waals surface area contributed by atoms with Crippen LogP contribution in [0.1, 0.15) is 0 Å². The summed E-state index contributed by atoms with van der Waals surface area (Å²) in [5.41, 5.74) is 0.671. The summed E-state index contributed by atoms with van der Waals surface area (Å²) in [4.78, 5) is 0. The third kappa shape index (κ3) is 1.33. The molecule has 0 fully saturated rings. The van der Waals surface area contributed by atoms with E-state index in [1.54, 1.807) is 20.0 Å². The molecule has 0 bridgehead atoms. The highest BCUT2D eigenvalue weighted by Gasteiger charge is 1.98. The van der Waals surface area contributed by atoms with Gasteiger partial charge in [-0.3, -0.25) is 0 Å². The molecule has 0 saturated carbocycles. The Morgan fingerprint density at radius 2 is 2.11 bits per heavy atom. The average Bonchev–Trinajstić information content (AvgIpc) is 1.83. The zero-order chi connectivity index (χ0) is 6.85. The van der Waals surface area contributed by atoms with Gasteiger partial charge in [0.2, 0.25) is 0 Å². The molecule has 0 atom stereocenters. The van der Waals surface area contributed by atoms with Crippen molar-refractivity contribution in [2.24, 2.45) is 0 Å². The summed E-state index contributed by atoms with van der Waals surface area (Å²) in [6.07, 6.45) is 0. The second-order valence-corrected chi connectivity index (χ2v) is 2.73. The van der Waals surface area contributed by atoms with Gasteiger partial charge in [0, 0.05) is 0 Å². The maximum absolute atomic E-state index is 12.7. The first kappa shape index (κ1) is 6.81. The summed E-state index contributed by atoms with van der Waals surface area (Å²) < 4.78 is 13.2. The van der Waals surface area contributed by atoms with E-state index in [0.717, 1.165) is 0 Å². The van der Waals surface area contributed by atoms with E-state index in [0.29, 0.717) is 9.94 Å². The van der Waals surface area contributed by atoms with E-state index in [1.807, 2.05) is 6.07 Å². The lowest BCUT2D eigenvalue weighted by atomic mass is 9.96. The van der Waals surface area contributed by atoms with Crippen LogP contribution >= 0.6 is 15.9 Å². The fourth-order valence-corrected chi connectivity index (χ4v) is 1.08. The largest absolute Gasteiger partial charge is 0.206 e. The van der Waals surface area contributed by atoms with Crippen LogP contribution in [0.3, 0.4) is 0 Å². The van der Waals surface area contributed by atoms with Gasteiger partial charge in [-0.15, -0.1) is 0 Å². The molecule has 1 aromatic rings. The van der Waals surface area contributed by atoms with Crippen LogP contribution in [-0.2, 0) is 0 Å². The van der Waals surface area contributed by atoms with E-state index in [-0.39, 0.29) is 5.82 Å². The quantitative estimate of drug-likeness (QED) is 0.528. The van der Waals surface area contributed by atoms with Crippen molar-refractivity contribution in [3.05, 3.63) is 28.5 Å². The Morgan fingerprint density at radius 1 is 1.44 bits per heavy atom. The molecule has 9 heavy (non-hydrogen) atoms. The standard InChI is InChI=1S/C6H5BBrF/c7-4-2-1-3-5(8)6(4)9/h1-3H,7H2. The van der Waals surface area contributed by atoms with Crippen molar-refractivity contribution < 1.29 is 4.39 Å². The minimum absolute atomic E-state index is 0.169. The van der Waals surface area contributed by atoms with Gasteiger partial charge in [-0.05, 0) is 22.0 Å². The molecule has 1 aromatic carbocycles. The molecule has 0 heterocycles. The monoisotopic (exact) mass is 186 g/mol. The van der Waals surface area contributed by atoms with Gasteiger partial charge in [-0.1, -0.05) is 17.6 Å². The summed E-state index contributed by atoms with van der Waals surface area (Å²) in [7, 11) is 1.74. The number of rotatable bonds is 0. The van der Waals surface area contributed by atoms with Gasteiger partial charge in [-0.2, -0.15) is 0 Å². The first-order chi connectivity index (χ1) is 4.22. The molecule has 0 spiro atoms. The van der Waals surface area contributed by atoms with Crippen molar-refractivity contribution in [1.82, 2.24) is 0 Å². The Bertz CT molecular complexity index is 204. The summed E-state index contributed by atoms with van der Waals surface area (Å²) in [6.45, 7) is 0. The Hall–Kier alpha value is -0.305. The molecule has 0 saturated heterocycles. The Balaban J connectivity index is 3.25. The van der Waals surface area contributed by atoms with Gasteiger partial charge < -0.3 is 0 Å². The van der Waals surface area contributed by atoms with Crippen molar-refractivity contribution in [3.63, 3.8) is 0 Å². The highest BCUT2D eigenvalue weighted by atomic mass is 79.9. The van der Waals surface area contributed by atoms with Crippen molar-refractivity contribution in [3.8, 4) is 0 Å². The van der Waals surface area contributed by atoms with Crippen molar-refractivity contribution >= 4 is 29.2 Å². The molecule has 0 N–H and O–H groups in total. The summed E-state index contributed by atoms with van der Waals surface area (Å²) in [5, 5.41) is 0. The molecule has 0 unspecified atom stereocenters. The molecular formula is C6H5BBrF. The Morgan fingerprint density at radius 3 is 2.56 bits per heavy atom. The highest BCUT2D eigenvalue weighted by Crippen LogP contribution is 2.10. The number of hydrogen-bond donors (Lipinski definition) is 0. The predicted octanol–water partition coefficient (Wildman–Crippen LogP) is 0.847. The van der Waals surface area contributed by atoms with E-state index >= 15 is 0 Å². The summed E-state index contributed by atoms with van der Waals surface area (Å²) in [6, 6.07) is 5.23. The Labute approximate surface area is 62.6 Å². The van der Waals surface area contributed by atoms with Crippen molar-refractivity contribution in [2.75, 3.05) is 0 Å². The number of hydrogen-bond acceptors (Lipinski definition) is 0. The number of halogens is 2. The summed E-state index contributed by atoms with van der Waals surface area (Å²) in [5.74, 6) is -0.169. The van der Waals surface area contributed by atoms with E-state index in [9.17, 15) is 4.39 Å². The van der Waals surface area contributed by atoms with Gasteiger partial charge in [0.1, 0.15) is 13.7 Å². The minimum atomic E-state index is -0.169. The van der Waals surface area contributed by atoms with Gasteiger partial charge in [-0.25, -0.2) is 4.39 Å². The molecule has 0 amide bonds. The minimum Gasteiger partial charge on any atom is -0.206 e. The molecule has 0 aromatic heterocycles. The zero-order valence-corrected chi connectivity index (χ0v) is 6.57. The SMILES string of the molecule is Bc1cccc(Br)c1F. The van der Waals surface area contributed by atoms with Crippen LogP contribution in [0.25, 0.3) is 0 Å². The lowest BCUT2D eigenvalue weighted by molar-refractivity contribution is 0.629. The maximum atomic E-state index is 12.7. The number of benzene rings is 1. The zero-order valence-electron chi connectivity index (χ0n) is 4.99. The average molecular weight is 187 g/mol. The normalized spacial score (nSPS) is 9.56. The van der Waals surface area contributed by atoms with Gasteiger partial charge >= 0.3 is 0 Å². The van der Waals surface area contributed by atoms with E-state index < -0.39 is 0 Å². The second-order valence-electron chi connectivity index (χ2n) is 1.87. The first-order valence-corrected chi connectivity index (χ1v) is 3.41. The van der Waals surface area contributed by atoms with Crippen LogP contribution in [-0.4, -0.2) is 7.85 Å². The third-order valence-corrected chi connectivity index (χ3v) is 1.76. The van der Waals surface area contributed by atoms with E-state index in [2.05, 4.69) is 15.9 Å². The van der Waals surface area contributed by atoms with Crippen LogP contribution in [0.4, 0.5) is 4.39 Å². The molecule has 0 radical (unpaired) electrons. The fourth-order valence-electron chi connectivity index (χ4n) is 0.612. The van der Waals surface area contributed by atoms with Crippen LogP contribution in [0.5, 0.6) is 0 Å². The molecule has 46 valence electrons. The van der Waals surface area contributed by atoms with Gasteiger partial charge in [0.15, 0.2) is 0 Å². The molecule has 0 aliphatic heterocycles. The first-order valence-electron chi connectivity index (χ1n) is 2.62. The molecule has 0 aliphatic carbocycles. The van der Waals surface area contributed by atoms with Crippen molar-refractivity contribution in [2.45, 2.75) is 0 Å².